The molecule has 0 aliphatic heterocycles. The van der Waals surface area contributed by atoms with E-state index in [2.05, 4.69) is 4.99 Å². The summed E-state index contributed by atoms with van der Waals surface area (Å²) in [6.45, 7) is 1.99. The number of carbonyl (C=O) groups excluding carboxylic acids is 1. The molecular weight excluding hydrogens is 300 g/mol. The highest BCUT2D eigenvalue weighted by atomic mass is 35.5. The van der Waals surface area contributed by atoms with E-state index in [0.717, 1.165) is 5.56 Å². The van der Waals surface area contributed by atoms with Crippen molar-refractivity contribution in [3.63, 3.8) is 0 Å². The molecule has 0 saturated carbocycles. The van der Waals surface area contributed by atoms with Gasteiger partial charge in [-0.15, -0.1) is 0 Å². The van der Waals surface area contributed by atoms with Crippen molar-refractivity contribution in [1.82, 2.24) is 0 Å². The molecule has 4 nitrogen and oxygen atoms in total. The van der Waals surface area contributed by atoms with Crippen molar-refractivity contribution in [1.29, 1.82) is 0 Å². The Morgan fingerprint density at radius 2 is 1.86 bits per heavy atom. The predicted molar refractivity (Wildman–Crippen MR) is 86.1 cm³/mol. The monoisotopic (exact) mass is 312 g/mol. The van der Waals surface area contributed by atoms with Gasteiger partial charge >= 0.3 is 0 Å². The molecule has 3 rings (SSSR count). The first-order valence-corrected chi connectivity index (χ1v) is 7.05. The molecule has 0 fully saturated rings. The Morgan fingerprint density at radius 1 is 1.14 bits per heavy atom. The molecule has 0 spiro atoms. The van der Waals surface area contributed by atoms with Crippen molar-refractivity contribution >= 4 is 34.2 Å². The molecule has 0 aliphatic rings. The zero-order chi connectivity index (χ0) is 15.7. The summed E-state index contributed by atoms with van der Waals surface area (Å²) in [4.78, 5) is 16.0. The van der Waals surface area contributed by atoms with Gasteiger partial charge < -0.3 is 10.2 Å². The zero-order valence-corrected chi connectivity index (χ0v) is 12.6. The van der Waals surface area contributed by atoms with E-state index in [0.29, 0.717) is 21.7 Å². The van der Waals surface area contributed by atoms with Crippen LogP contribution in [0.4, 0.5) is 5.69 Å². The van der Waals surface area contributed by atoms with Crippen LogP contribution in [-0.2, 0) is 0 Å². The van der Waals surface area contributed by atoms with Crippen LogP contribution in [0.2, 0.25) is 5.02 Å². The third-order valence-electron chi connectivity index (χ3n) is 3.24. The van der Waals surface area contributed by atoms with Crippen molar-refractivity contribution in [2.24, 2.45) is 10.7 Å². The van der Waals surface area contributed by atoms with Crippen LogP contribution in [0.5, 0.6) is 0 Å². The fourth-order valence-corrected chi connectivity index (χ4v) is 2.28. The molecule has 0 bridgehead atoms. The summed E-state index contributed by atoms with van der Waals surface area (Å²) in [6, 6.07) is 14.4. The number of aryl methyl sites for hydroxylation is 1. The maximum atomic E-state index is 11.7. The third-order valence-corrected chi connectivity index (χ3v) is 3.47. The highest BCUT2D eigenvalue weighted by Crippen LogP contribution is 2.19. The lowest BCUT2D eigenvalue weighted by Crippen LogP contribution is -2.21. The molecule has 110 valence electrons. The molecule has 2 N–H and O–H groups in total. The molecule has 22 heavy (non-hydrogen) atoms. The van der Waals surface area contributed by atoms with Gasteiger partial charge in [-0.25, -0.2) is 4.99 Å². The van der Waals surface area contributed by atoms with E-state index in [1.54, 1.807) is 24.3 Å². The van der Waals surface area contributed by atoms with E-state index in [4.69, 9.17) is 21.8 Å². The van der Waals surface area contributed by atoms with E-state index in [-0.39, 0.29) is 11.1 Å². The number of fused-ring (bicyclic) bond motifs is 1. The average Bonchev–Trinajstić information content (AvgIpc) is 2.49. The van der Waals surface area contributed by atoms with Gasteiger partial charge in [0.1, 0.15) is 11.1 Å². The van der Waals surface area contributed by atoms with E-state index in [1.165, 1.54) is 0 Å². The standard InChI is InChI=1S/C17H13ClN2O2/c1-10-2-5-13(6-3-10)20-17-14(16(19)21)9-11-8-12(18)4-7-15(11)22-17/h2-9H,1H3,(H2,19,21). The number of benzene rings is 2. The number of halogens is 1. The first kappa shape index (κ1) is 14.4. The Kier molecular flexibility index (Phi) is 3.69. The van der Waals surface area contributed by atoms with E-state index in [1.807, 2.05) is 31.2 Å². The Labute approximate surface area is 131 Å². The lowest BCUT2D eigenvalue weighted by Gasteiger charge is -2.02. The third kappa shape index (κ3) is 2.87. The molecule has 0 saturated heterocycles. The summed E-state index contributed by atoms with van der Waals surface area (Å²) in [6.07, 6.45) is 0. The smallest absolute Gasteiger partial charge is 0.254 e. The maximum Gasteiger partial charge on any atom is 0.254 e. The minimum absolute atomic E-state index is 0.186. The number of amides is 1. The van der Waals surface area contributed by atoms with E-state index in [9.17, 15) is 4.79 Å². The molecule has 1 amide bonds. The van der Waals surface area contributed by atoms with Gasteiger partial charge in [-0.05, 0) is 43.3 Å². The Morgan fingerprint density at radius 3 is 2.55 bits per heavy atom. The number of hydrogen-bond donors (Lipinski definition) is 1. The Hall–Kier alpha value is -2.59. The van der Waals surface area contributed by atoms with Gasteiger partial charge in [0.2, 0.25) is 5.55 Å². The normalized spacial score (nSPS) is 11.8. The SMILES string of the molecule is Cc1ccc(N=c2oc3ccc(Cl)cc3cc2C(N)=O)cc1. The first-order valence-electron chi connectivity index (χ1n) is 6.67. The van der Waals surface area contributed by atoms with Crippen molar-refractivity contribution in [3.05, 3.63) is 70.2 Å². The lowest BCUT2D eigenvalue weighted by atomic mass is 10.2. The van der Waals surface area contributed by atoms with Crippen LogP contribution in [0.1, 0.15) is 15.9 Å². The van der Waals surface area contributed by atoms with Crippen molar-refractivity contribution in [2.75, 3.05) is 0 Å². The highest BCUT2D eigenvalue weighted by molar-refractivity contribution is 6.31. The minimum Gasteiger partial charge on any atom is -0.438 e. The summed E-state index contributed by atoms with van der Waals surface area (Å²) >= 11 is 5.95. The molecular formula is C17H13ClN2O2. The van der Waals surface area contributed by atoms with Crippen LogP contribution >= 0.6 is 11.6 Å². The Balaban J connectivity index is 2.27. The van der Waals surface area contributed by atoms with Gasteiger partial charge in [-0.1, -0.05) is 29.3 Å². The summed E-state index contributed by atoms with van der Waals surface area (Å²) in [7, 11) is 0. The van der Waals surface area contributed by atoms with Gasteiger partial charge in [0.25, 0.3) is 5.91 Å². The first-order chi connectivity index (χ1) is 10.5. The molecule has 2 aromatic carbocycles. The molecule has 0 unspecified atom stereocenters. The van der Waals surface area contributed by atoms with Crippen LogP contribution in [0.3, 0.4) is 0 Å². The van der Waals surface area contributed by atoms with Crippen LogP contribution in [0.15, 0.2) is 57.9 Å². The summed E-state index contributed by atoms with van der Waals surface area (Å²) in [5.41, 5.74) is 8.23. The number of rotatable bonds is 2. The van der Waals surface area contributed by atoms with Crippen molar-refractivity contribution in [2.45, 2.75) is 6.92 Å². The van der Waals surface area contributed by atoms with Gasteiger partial charge in [-0.3, -0.25) is 4.79 Å². The number of hydrogen-bond acceptors (Lipinski definition) is 3. The fraction of sp³-hybridized carbons (Fsp3) is 0.0588. The number of carbonyl (C=O) groups is 1. The number of primary amides is 1. The summed E-state index contributed by atoms with van der Waals surface area (Å²) in [5.74, 6) is -0.600. The Bertz CT molecular complexity index is 928. The second-order valence-corrected chi connectivity index (χ2v) is 5.40. The average molecular weight is 313 g/mol. The number of nitrogens with two attached hydrogens (primary N) is 1. The van der Waals surface area contributed by atoms with Gasteiger partial charge in [-0.2, -0.15) is 0 Å². The zero-order valence-electron chi connectivity index (χ0n) is 11.8. The van der Waals surface area contributed by atoms with Crippen LogP contribution in [-0.4, -0.2) is 5.91 Å². The lowest BCUT2D eigenvalue weighted by molar-refractivity contribution is 0.0996. The topological polar surface area (TPSA) is 68.6 Å². The largest absolute Gasteiger partial charge is 0.438 e. The predicted octanol–water partition coefficient (Wildman–Crippen LogP) is 3.73. The second-order valence-electron chi connectivity index (χ2n) is 4.96. The molecule has 1 aromatic heterocycles. The molecule has 0 atom stereocenters. The van der Waals surface area contributed by atoms with Crippen LogP contribution in [0.25, 0.3) is 11.0 Å². The molecule has 1 heterocycles. The minimum atomic E-state index is -0.600. The summed E-state index contributed by atoms with van der Waals surface area (Å²) < 4.78 is 5.72. The molecule has 0 aliphatic carbocycles. The van der Waals surface area contributed by atoms with E-state index >= 15 is 0 Å². The molecule has 5 heteroatoms. The van der Waals surface area contributed by atoms with Crippen LogP contribution in [0, 0.1) is 6.92 Å². The summed E-state index contributed by atoms with van der Waals surface area (Å²) in [5, 5.41) is 1.26. The fourth-order valence-electron chi connectivity index (χ4n) is 2.10. The highest BCUT2D eigenvalue weighted by Gasteiger charge is 2.09. The molecule has 3 aromatic rings. The second kappa shape index (κ2) is 5.66. The van der Waals surface area contributed by atoms with Gasteiger partial charge in [0, 0.05) is 10.4 Å². The van der Waals surface area contributed by atoms with Gasteiger partial charge in [0.05, 0.1) is 5.69 Å². The molecule has 0 radical (unpaired) electrons. The van der Waals surface area contributed by atoms with Gasteiger partial charge in [0.15, 0.2) is 0 Å². The van der Waals surface area contributed by atoms with Crippen molar-refractivity contribution < 1.29 is 9.21 Å². The van der Waals surface area contributed by atoms with Crippen LogP contribution < -0.4 is 11.3 Å². The maximum absolute atomic E-state index is 11.7. The number of nitrogens with zero attached hydrogens (tertiary/aromatic N) is 1. The van der Waals surface area contributed by atoms with Crippen molar-refractivity contribution in [3.8, 4) is 0 Å². The quantitative estimate of drug-likeness (QED) is 0.783. The van der Waals surface area contributed by atoms with E-state index < -0.39 is 5.91 Å².